The van der Waals surface area contributed by atoms with E-state index in [9.17, 15) is 4.79 Å². The summed E-state index contributed by atoms with van der Waals surface area (Å²) in [6.07, 6.45) is 3.25. The molecule has 4 heteroatoms. The minimum atomic E-state index is -0.182. The first kappa shape index (κ1) is 11.6. The molecule has 1 aromatic heterocycles. The number of pyridine rings is 1. The lowest BCUT2D eigenvalue weighted by molar-refractivity contribution is 0.102. The van der Waals surface area contributed by atoms with E-state index in [4.69, 9.17) is 11.6 Å². The number of aromatic nitrogens is 1. The molecule has 0 aliphatic heterocycles. The van der Waals surface area contributed by atoms with Crippen molar-refractivity contribution in [2.75, 3.05) is 5.32 Å². The molecule has 0 saturated carbocycles. The normalized spacial score (nSPS) is 10.0. The summed E-state index contributed by atoms with van der Waals surface area (Å²) < 4.78 is 0. The molecule has 2 aromatic rings. The van der Waals surface area contributed by atoms with Crippen LogP contribution in [0.1, 0.15) is 15.9 Å². The Morgan fingerprint density at radius 2 is 2.12 bits per heavy atom. The summed E-state index contributed by atoms with van der Waals surface area (Å²) in [7, 11) is 0. The van der Waals surface area contributed by atoms with Crippen molar-refractivity contribution in [2.45, 2.75) is 6.92 Å². The number of hydrogen-bond acceptors (Lipinski definition) is 2. The van der Waals surface area contributed by atoms with Crippen molar-refractivity contribution in [3.8, 4) is 0 Å². The highest BCUT2D eigenvalue weighted by Crippen LogP contribution is 2.19. The van der Waals surface area contributed by atoms with E-state index in [0.29, 0.717) is 16.3 Å². The van der Waals surface area contributed by atoms with Crippen LogP contribution in [0.2, 0.25) is 5.02 Å². The minimum absolute atomic E-state index is 0.182. The van der Waals surface area contributed by atoms with Gasteiger partial charge in [0.25, 0.3) is 5.91 Å². The molecule has 86 valence electrons. The second-order valence-corrected chi connectivity index (χ2v) is 4.02. The lowest BCUT2D eigenvalue weighted by atomic mass is 10.1. The molecule has 3 nitrogen and oxygen atoms in total. The standard InChI is InChI=1S/C13H11ClN2O/c1-9-11(5-2-6-12(9)14)13(17)16-10-4-3-7-15-8-10/h2-8H,1H3,(H,16,17). The maximum atomic E-state index is 12.0. The van der Waals surface area contributed by atoms with Gasteiger partial charge in [-0.05, 0) is 36.8 Å². The number of nitrogens with one attached hydrogen (secondary N) is 1. The molecular weight excluding hydrogens is 236 g/mol. The first-order valence-corrected chi connectivity index (χ1v) is 5.53. The molecule has 0 bridgehead atoms. The van der Waals surface area contributed by atoms with E-state index in [-0.39, 0.29) is 5.91 Å². The van der Waals surface area contributed by atoms with Gasteiger partial charge in [-0.15, -0.1) is 0 Å². The van der Waals surface area contributed by atoms with Gasteiger partial charge in [-0.2, -0.15) is 0 Å². The summed E-state index contributed by atoms with van der Waals surface area (Å²) in [5, 5.41) is 3.35. The summed E-state index contributed by atoms with van der Waals surface area (Å²) >= 11 is 5.97. The molecule has 1 heterocycles. The number of benzene rings is 1. The van der Waals surface area contributed by atoms with E-state index < -0.39 is 0 Å². The number of hydrogen-bond donors (Lipinski definition) is 1. The predicted molar refractivity (Wildman–Crippen MR) is 68.4 cm³/mol. The van der Waals surface area contributed by atoms with Crippen molar-refractivity contribution in [3.63, 3.8) is 0 Å². The predicted octanol–water partition coefficient (Wildman–Crippen LogP) is 3.30. The molecule has 0 unspecified atom stereocenters. The fourth-order valence-electron chi connectivity index (χ4n) is 1.49. The number of amides is 1. The molecule has 0 atom stereocenters. The van der Waals surface area contributed by atoms with Crippen LogP contribution in [-0.2, 0) is 0 Å². The Morgan fingerprint density at radius 3 is 2.82 bits per heavy atom. The van der Waals surface area contributed by atoms with Crippen LogP contribution in [0.4, 0.5) is 5.69 Å². The lowest BCUT2D eigenvalue weighted by Crippen LogP contribution is -2.13. The van der Waals surface area contributed by atoms with Gasteiger partial charge in [0.15, 0.2) is 0 Å². The third-order valence-electron chi connectivity index (χ3n) is 2.43. The van der Waals surface area contributed by atoms with Crippen molar-refractivity contribution in [1.29, 1.82) is 0 Å². The van der Waals surface area contributed by atoms with E-state index in [1.54, 1.807) is 42.7 Å². The maximum absolute atomic E-state index is 12.0. The molecule has 0 aliphatic carbocycles. The van der Waals surface area contributed by atoms with Crippen molar-refractivity contribution in [2.24, 2.45) is 0 Å². The first-order valence-electron chi connectivity index (χ1n) is 5.15. The molecule has 1 aromatic carbocycles. The Labute approximate surface area is 104 Å². The number of carbonyl (C=O) groups excluding carboxylic acids is 1. The quantitative estimate of drug-likeness (QED) is 0.884. The number of anilines is 1. The van der Waals surface area contributed by atoms with Gasteiger partial charge >= 0.3 is 0 Å². The first-order chi connectivity index (χ1) is 8.18. The molecule has 2 rings (SSSR count). The van der Waals surface area contributed by atoms with Crippen LogP contribution in [0.3, 0.4) is 0 Å². The van der Waals surface area contributed by atoms with Crippen LogP contribution in [-0.4, -0.2) is 10.9 Å². The SMILES string of the molecule is Cc1c(Cl)cccc1C(=O)Nc1cccnc1. The molecule has 1 N–H and O–H groups in total. The lowest BCUT2D eigenvalue weighted by Gasteiger charge is -2.08. The average molecular weight is 247 g/mol. The fraction of sp³-hybridized carbons (Fsp3) is 0.0769. The zero-order chi connectivity index (χ0) is 12.3. The van der Waals surface area contributed by atoms with Gasteiger partial charge in [-0.25, -0.2) is 0 Å². The van der Waals surface area contributed by atoms with Crippen LogP contribution in [0.15, 0.2) is 42.7 Å². The highest BCUT2D eigenvalue weighted by atomic mass is 35.5. The summed E-state index contributed by atoms with van der Waals surface area (Å²) in [6, 6.07) is 8.81. The van der Waals surface area contributed by atoms with E-state index in [2.05, 4.69) is 10.3 Å². The smallest absolute Gasteiger partial charge is 0.256 e. The van der Waals surface area contributed by atoms with E-state index in [1.165, 1.54) is 0 Å². The van der Waals surface area contributed by atoms with Gasteiger partial charge < -0.3 is 5.32 Å². The Morgan fingerprint density at radius 1 is 1.29 bits per heavy atom. The van der Waals surface area contributed by atoms with Crippen LogP contribution in [0.25, 0.3) is 0 Å². The third-order valence-corrected chi connectivity index (χ3v) is 2.84. The maximum Gasteiger partial charge on any atom is 0.256 e. The van der Waals surface area contributed by atoms with Gasteiger partial charge in [0.2, 0.25) is 0 Å². The Kier molecular flexibility index (Phi) is 3.40. The summed E-state index contributed by atoms with van der Waals surface area (Å²) in [5.74, 6) is -0.182. The van der Waals surface area contributed by atoms with E-state index in [1.807, 2.05) is 6.92 Å². The second kappa shape index (κ2) is 4.97. The molecule has 17 heavy (non-hydrogen) atoms. The Bertz CT molecular complexity index is 540. The number of rotatable bonds is 2. The fourth-order valence-corrected chi connectivity index (χ4v) is 1.66. The van der Waals surface area contributed by atoms with Crippen molar-refractivity contribution < 1.29 is 4.79 Å². The molecule has 0 aliphatic rings. The molecule has 0 fully saturated rings. The van der Waals surface area contributed by atoms with Crippen LogP contribution >= 0.6 is 11.6 Å². The van der Waals surface area contributed by atoms with Crippen LogP contribution in [0, 0.1) is 6.92 Å². The molecule has 1 amide bonds. The van der Waals surface area contributed by atoms with Crippen LogP contribution < -0.4 is 5.32 Å². The molecule has 0 spiro atoms. The van der Waals surface area contributed by atoms with Crippen molar-refractivity contribution in [3.05, 3.63) is 58.9 Å². The summed E-state index contributed by atoms with van der Waals surface area (Å²) in [5.41, 5.74) is 2.01. The van der Waals surface area contributed by atoms with Gasteiger partial charge in [-0.3, -0.25) is 9.78 Å². The zero-order valence-corrected chi connectivity index (χ0v) is 10.0. The Balaban J connectivity index is 2.24. The third kappa shape index (κ3) is 2.63. The number of halogens is 1. The second-order valence-electron chi connectivity index (χ2n) is 3.61. The highest BCUT2D eigenvalue weighted by Gasteiger charge is 2.10. The topological polar surface area (TPSA) is 42.0 Å². The average Bonchev–Trinajstić information content (AvgIpc) is 2.34. The van der Waals surface area contributed by atoms with Gasteiger partial charge in [0.05, 0.1) is 11.9 Å². The molecule has 0 radical (unpaired) electrons. The molecule has 0 saturated heterocycles. The van der Waals surface area contributed by atoms with Crippen molar-refractivity contribution in [1.82, 2.24) is 4.98 Å². The largest absolute Gasteiger partial charge is 0.321 e. The van der Waals surface area contributed by atoms with Crippen LogP contribution in [0.5, 0.6) is 0 Å². The number of nitrogens with zero attached hydrogens (tertiary/aromatic N) is 1. The molecular formula is C13H11ClN2O. The highest BCUT2D eigenvalue weighted by molar-refractivity contribution is 6.32. The summed E-state index contributed by atoms with van der Waals surface area (Å²) in [6.45, 7) is 1.82. The zero-order valence-electron chi connectivity index (χ0n) is 9.27. The van der Waals surface area contributed by atoms with Gasteiger partial charge in [-0.1, -0.05) is 17.7 Å². The number of carbonyl (C=O) groups is 1. The van der Waals surface area contributed by atoms with Gasteiger partial charge in [0, 0.05) is 16.8 Å². The monoisotopic (exact) mass is 246 g/mol. The Hall–Kier alpha value is -1.87. The van der Waals surface area contributed by atoms with E-state index in [0.717, 1.165) is 5.56 Å². The minimum Gasteiger partial charge on any atom is -0.321 e. The summed E-state index contributed by atoms with van der Waals surface area (Å²) in [4.78, 5) is 15.9. The van der Waals surface area contributed by atoms with Crippen molar-refractivity contribution >= 4 is 23.2 Å². The van der Waals surface area contributed by atoms with Gasteiger partial charge in [0.1, 0.15) is 0 Å². The van der Waals surface area contributed by atoms with E-state index >= 15 is 0 Å².